The predicted molar refractivity (Wildman–Crippen MR) is 147 cm³/mol. The van der Waals surface area contributed by atoms with Crippen molar-refractivity contribution in [3.63, 3.8) is 0 Å². The first-order chi connectivity index (χ1) is 19.2. The average Bonchev–Trinajstić information content (AvgIpc) is 3.28. The van der Waals surface area contributed by atoms with Crippen molar-refractivity contribution in [3.05, 3.63) is 75.3 Å². The largest absolute Gasteiger partial charge is 0.464 e. The van der Waals surface area contributed by atoms with Crippen LogP contribution in [0.3, 0.4) is 0 Å². The second-order valence-electron chi connectivity index (χ2n) is 11.0. The van der Waals surface area contributed by atoms with Crippen molar-refractivity contribution in [2.24, 2.45) is 5.41 Å². The summed E-state index contributed by atoms with van der Waals surface area (Å²) in [4.78, 5) is 38.0. The first-order valence-corrected chi connectivity index (χ1v) is 14.5. The zero-order valence-electron chi connectivity index (χ0n) is 23.0. The lowest BCUT2D eigenvalue weighted by Gasteiger charge is -2.26. The number of halogens is 1. The van der Waals surface area contributed by atoms with Crippen LogP contribution in [0.15, 0.2) is 58.3 Å². The van der Waals surface area contributed by atoms with Gasteiger partial charge in [-0.2, -0.15) is 9.48 Å². The number of nitrogens with zero attached hydrogens (tertiary/aromatic N) is 1. The van der Waals surface area contributed by atoms with E-state index in [1.54, 1.807) is 24.3 Å². The molecule has 0 bridgehead atoms. The molecule has 2 heterocycles. The summed E-state index contributed by atoms with van der Waals surface area (Å²) in [5.74, 6) is -1.66. The van der Waals surface area contributed by atoms with Gasteiger partial charge < -0.3 is 19.1 Å². The monoisotopic (exact) mass is 593 g/mol. The molecule has 5 atom stereocenters. The molecular formula is C27H33FN3O9P. The quantitative estimate of drug-likeness (QED) is 0.235. The van der Waals surface area contributed by atoms with Crippen LogP contribution in [0.5, 0.6) is 5.75 Å². The Balaban J connectivity index is 1.54. The van der Waals surface area contributed by atoms with E-state index in [1.165, 1.54) is 6.92 Å². The van der Waals surface area contributed by atoms with E-state index in [4.69, 9.17) is 18.5 Å². The minimum absolute atomic E-state index is 0.126. The van der Waals surface area contributed by atoms with E-state index in [1.807, 2.05) is 44.0 Å². The highest BCUT2D eigenvalue weighted by Crippen LogP contribution is 2.47. The summed E-state index contributed by atoms with van der Waals surface area (Å²) in [5.41, 5.74) is -2.40. The van der Waals surface area contributed by atoms with Crippen LogP contribution in [0.25, 0.3) is 10.8 Å². The van der Waals surface area contributed by atoms with Crippen molar-refractivity contribution < 1.29 is 37.4 Å². The normalized spacial score (nSPS) is 21.4. The Morgan fingerprint density at radius 1 is 1.24 bits per heavy atom. The maximum absolute atomic E-state index is 14.0. The van der Waals surface area contributed by atoms with Crippen LogP contribution in [-0.2, 0) is 23.4 Å². The minimum atomic E-state index is -4.33. The number of fused-ring (bicyclic) bond motifs is 1. The van der Waals surface area contributed by atoms with Crippen LogP contribution in [-0.4, -0.2) is 52.1 Å². The number of aromatic nitrogens is 2. The molecule has 222 valence electrons. The number of esters is 1. The number of aliphatic hydroxyl groups excluding tert-OH is 1. The standard InChI is InChI=1S/C27H33FN3O9P/c1-16(25(34)37-15-27(2,3)4)30-41(36,40-21-11-7-9-17-8-5-6-10-18(17)21)38-14-22-20(32)12-23(39-22)31-13-19(28)24(33)29-26(31)35/h5-11,13,16,20,22-23,32H,12,14-15H2,1-4H3,(H,30,36)(H,29,33,35)/t16-,20+,22+,23+,41?/m0/s1. The van der Waals surface area contributed by atoms with Gasteiger partial charge in [-0.15, -0.1) is 0 Å². The maximum atomic E-state index is 14.0. The van der Waals surface area contributed by atoms with E-state index in [0.29, 0.717) is 11.6 Å². The number of hydrogen-bond donors (Lipinski definition) is 3. The number of carbonyl (C=O) groups excluding carboxylic acids is 1. The van der Waals surface area contributed by atoms with Crippen molar-refractivity contribution in [2.75, 3.05) is 13.2 Å². The van der Waals surface area contributed by atoms with Gasteiger partial charge in [0.2, 0.25) is 5.82 Å². The number of nitrogens with one attached hydrogen (secondary N) is 2. The fourth-order valence-electron chi connectivity index (χ4n) is 4.08. The molecule has 14 heteroatoms. The predicted octanol–water partition coefficient (Wildman–Crippen LogP) is 3.25. The first-order valence-electron chi connectivity index (χ1n) is 13.0. The van der Waals surface area contributed by atoms with Gasteiger partial charge in [-0.05, 0) is 23.8 Å². The van der Waals surface area contributed by atoms with Gasteiger partial charge in [0.25, 0.3) is 5.56 Å². The number of carbonyl (C=O) groups is 1. The van der Waals surface area contributed by atoms with Gasteiger partial charge in [-0.1, -0.05) is 57.2 Å². The zero-order chi connectivity index (χ0) is 29.9. The van der Waals surface area contributed by atoms with Gasteiger partial charge in [0.1, 0.15) is 24.1 Å². The lowest BCUT2D eigenvalue weighted by molar-refractivity contribution is -0.148. The molecule has 1 aliphatic heterocycles. The number of aliphatic hydroxyl groups is 1. The van der Waals surface area contributed by atoms with E-state index >= 15 is 0 Å². The van der Waals surface area contributed by atoms with E-state index in [2.05, 4.69) is 5.09 Å². The third-order valence-corrected chi connectivity index (χ3v) is 7.80. The molecule has 3 aromatic rings. The molecule has 0 amide bonds. The van der Waals surface area contributed by atoms with Gasteiger partial charge >= 0.3 is 19.4 Å². The summed E-state index contributed by atoms with van der Waals surface area (Å²) in [6.45, 7) is 6.77. The van der Waals surface area contributed by atoms with Crippen LogP contribution < -0.4 is 20.9 Å². The van der Waals surface area contributed by atoms with Crippen LogP contribution in [0.1, 0.15) is 40.3 Å². The Bertz CT molecular complexity index is 1560. The number of rotatable bonds is 10. The highest BCUT2D eigenvalue weighted by Gasteiger charge is 2.40. The van der Waals surface area contributed by atoms with Crippen LogP contribution in [0.4, 0.5) is 4.39 Å². The summed E-state index contributed by atoms with van der Waals surface area (Å²) in [6, 6.07) is 11.3. The molecule has 0 radical (unpaired) electrons. The Kier molecular flexibility index (Phi) is 9.15. The van der Waals surface area contributed by atoms with Crippen molar-refractivity contribution in [1.29, 1.82) is 0 Å². The number of H-pyrrole nitrogens is 1. The van der Waals surface area contributed by atoms with Gasteiger partial charge in [-0.3, -0.25) is 23.7 Å². The van der Waals surface area contributed by atoms with E-state index < -0.39 is 61.9 Å². The molecule has 2 aromatic carbocycles. The fraction of sp³-hybridized carbons (Fsp3) is 0.444. The SMILES string of the molecule is C[C@H](NP(=O)(OC[C@H]1O[C@@H](n2cc(F)c(=O)[nH]c2=O)C[C@H]1O)Oc1cccc2ccccc12)C(=O)OCC(C)(C)C. The van der Waals surface area contributed by atoms with Gasteiger partial charge in [0.05, 0.1) is 25.5 Å². The molecule has 0 saturated carbocycles. The van der Waals surface area contributed by atoms with Crippen molar-refractivity contribution in [2.45, 2.75) is 58.6 Å². The molecule has 4 rings (SSSR count). The summed E-state index contributed by atoms with van der Waals surface area (Å²) in [6.07, 6.45) is -2.91. The van der Waals surface area contributed by atoms with Crippen molar-refractivity contribution >= 4 is 24.5 Å². The molecule has 12 nitrogen and oxygen atoms in total. The first kappa shape index (κ1) is 30.6. The lowest BCUT2D eigenvalue weighted by Crippen LogP contribution is -2.37. The van der Waals surface area contributed by atoms with Crippen molar-refractivity contribution in [1.82, 2.24) is 14.6 Å². The minimum Gasteiger partial charge on any atom is -0.464 e. The van der Waals surface area contributed by atoms with E-state index in [0.717, 1.165) is 9.95 Å². The topological polar surface area (TPSA) is 158 Å². The molecule has 1 unspecified atom stereocenters. The number of hydrogen-bond acceptors (Lipinski definition) is 9. The Morgan fingerprint density at radius 2 is 1.95 bits per heavy atom. The van der Waals surface area contributed by atoms with Crippen molar-refractivity contribution in [3.8, 4) is 5.75 Å². The molecule has 41 heavy (non-hydrogen) atoms. The molecular weight excluding hydrogens is 560 g/mol. The molecule has 1 saturated heterocycles. The molecule has 0 aliphatic carbocycles. The van der Waals surface area contributed by atoms with E-state index in [9.17, 15) is 28.4 Å². The van der Waals surface area contributed by atoms with E-state index in [-0.39, 0.29) is 24.2 Å². The number of benzene rings is 2. The third kappa shape index (κ3) is 7.69. The smallest absolute Gasteiger partial charge is 0.459 e. The average molecular weight is 594 g/mol. The lowest BCUT2D eigenvalue weighted by atomic mass is 9.99. The maximum Gasteiger partial charge on any atom is 0.459 e. The van der Waals surface area contributed by atoms with Gasteiger partial charge in [0, 0.05) is 11.8 Å². The molecule has 1 fully saturated rings. The zero-order valence-corrected chi connectivity index (χ0v) is 23.9. The highest BCUT2D eigenvalue weighted by molar-refractivity contribution is 7.52. The molecule has 1 aromatic heterocycles. The number of ether oxygens (including phenoxy) is 2. The third-order valence-electron chi connectivity index (χ3n) is 6.17. The van der Waals surface area contributed by atoms with Crippen LogP contribution in [0, 0.1) is 11.2 Å². The molecule has 3 N–H and O–H groups in total. The second-order valence-corrected chi connectivity index (χ2v) is 12.7. The Labute approximate surface area is 235 Å². The molecule has 1 aliphatic rings. The van der Waals surface area contributed by atoms with Gasteiger partial charge in [0.15, 0.2) is 0 Å². The van der Waals surface area contributed by atoms with Gasteiger partial charge in [-0.25, -0.2) is 9.36 Å². The molecule has 0 spiro atoms. The highest BCUT2D eigenvalue weighted by atomic mass is 31.2. The number of aromatic amines is 1. The summed E-state index contributed by atoms with van der Waals surface area (Å²) in [5, 5.41) is 14.6. The summed E-state index contributed by atoms with van der Waals surface area (Å²) < 4.78 is 51.2. The van der Waals surface area contributed by atoms with Crippen LogP contribution in [0.2, 0.25) is 0 Å². The summed E-state index contributed by atoms with van der Waals surface area (Å²) in [7, 11) is -4.33. The fourth-order valence-corrected chi connectivity index (χ4v) is 5.60. The Hall–Kier alpha value is -3.35. The van der Waals surface area contributed by atoms with Crippen LogP contribution >= 0.6 is 7.75 Å². The second kappa shape index (κ2) is 12.3. The Morgan fingerprint density at radius 3 is 2.68 bits per heavy atom. The summed E-state index contributed by atoms with van der Waals surface area (Å²) >= 11 is 0.